The molecule has 0 atom stereocenters. The molecule has 0 unspecified atom stereocenters. The highest BCUT2D eigenvalue weighted by atomic mass is 79.9. The number of halogens is 1. The maximum absolute atomic E-state index is 13.2. The fourth-order valence-corrected chi connectivity index (χ4v) is 4.97. The zero-order chi connectivity index (χ0) is 22.6. The zero-order valence-electron chi connectivity index (χ0n) is 16.9. The van der Waals surface area contributed by atoms with Gasteiger partial charge in [-0.3, -0.25) is 14.3 Å². The maximum Gasteiger partial charge on any atom is 0.276 e. The minimum Gasteiger partial charge on any atom is -0.489 e. The number of carbonyl (C=O) groups excluding carboxylic acids is 1. The fraction of sp³-hybridized carbons (Fsp3) is 0.136. The molecule has 0 bridgehead atoms. The van der Waals surface area contributed by atoms with Crippen LogP contribution in [0.15, 0.2) is 76.1 Å². The Morgan fingerprint density at radius 3 is 2.35 bits per heavy atom. The molecule has 0 aliphatic rings. The highest BCUT2D eigenvalue weighted by Crippen LogP contribution is 2.32. The van der Waals surface area contributed by atoms with Crippen molar-refractivity contribution < 1.29 is 23.2 Å². The minimum atomic E-state index is -3.97. The van der Waals surface area contributed by atoms with E-state index in [2.05, 4.69) is 15.9 Å². The standard InChI is InChI=1S/C22H21BrN2O5S/c1-15-12-17(23)13-20(22(26)24-27)21(15)25(2)31(28,29)19-10-8-18(9-11-19)30-14-16-6-4-3-5-7-16/h3-13,27H,14H2,1-2H3,(H,24,26). The summed E-state index contributed by atoms with van der Waals surface area (Å²) in [5.74, 6) is -0.281. The number of ether oxygens (including phenoxy) is 1. The van der Waals surface area contributed by atoms with Crippen molar-refractivity contribution in [2.24, 2.45) is 0 Å². The number of nitrogens with zero attached hydrogens (tertiary/aromatic N) is 1. The van der Waals surface area contributed by atoms with Gasteiger partial charge in [-0.25, -0.2) is 13.9 Å². The number of hydrogen-bond acceptors (Lipinski definition) is 5. The molecule has 0 aliphatic carbocycles. The van der Waals surface area contributed by atoms with E-state index < -0.39 is 15.9 Å². The Labute approximate surface area is 189 Å². The summed E-state index contributed by atoms with van der Waals surface area (Å²) in [6.07, 6.45) is 0. The largest absolute Gasteiger partial charge is 0.489 e. The van der Waals surface area contributed by atoms with Crippen molar-refractivity contribution in [3.63, 3.8) is 0 Å². The van der Waals surface area contributed by atoms with Crippen LogP contribution in [0, 0.1) is 6.92 Å². The first-order chi connectivity index (χ1) is 14.7. The molecular formula is C22H21BrN2O5S. The van der Waals surface area contributed by atoms with Gasteiger partial charge in [0.1, 0.15) is 12.4 Å². The number of rotatable bonds is 7. The van der Waals surface area contributed by atoms with E-state index in [1.54, 1.807) is 30.6 Å². The highest BCUT2D eigenvalue weighted by Gasteiger charge is 2.27. The molecular weight excluding hydrogens is 484 g/mol. The highest BCUT2D eigenvalue weighted by molar-refractivity contribution is 9.10. The Morgan fingerprint density at radius 2 is 1.74 bits per heavy atom. The van der Waals surface area contributed by atoms with E-state index in [9.17, 15) is 13.2 Å². The summed E-state index contributed by atoms with van der Waals surface area (Å²) in [4.78, 5) is 12.2. The molecule has 0 fully saturated rings. The number of amides is 1. The molecule has 31 heavy (non-hydrogen) atoms. The monoisotopic (exact) mass is 504 g/mol. The van der Waals surface area contributed by atoms with Crippen LogP contribution in [0.2, 0.25) is 0 Å². The number of benzene rings is 3. The van der Waals surface area contributed by atoms with Crippen LogP contribution in [-0.4, -0.2) is 26.6 Å². The first-order valence-electron chi connectivity index (χ1n) is 9.24. The third-order valence-electron chi connectivity index (χ3n) is 4.66. The summed E-state index contributed by atoms with van der Waals surface area (Å²) in [6, 6.07) is 18.8. The van der Waals surface area contributed by atoms with E-state index >= 15 is 0 Å². The lowest BCUT2D eigenvalue weighted by Crippen LogP contribution is -2.30. The second-order valence-corrected chi connectivity index (χ2v) is 9.66. The van der Waals surface area contributed by atoms with Crippen molar-refractivity contribution in [1.29, 1.82) is 0 Å². The number of anilines is 1. The quantitative estimate of drug-likeness (QED) is 0.369. The summed E-state index contributed by atoms with van der Waals surface area (Å²) in [5, 5.41) is 9.06. The van der Waals surface area contributed by atoms with Gasteiger partial charge in [-0.15, -0.1) is 0 Å². The summed E-state index contributed by atoms with van der Waals surface area (Å²) in [7, 11) is -2.61. The van der Waals surface area contributed by atoms with Gasteiger partial charge in [0.25, 0.3) is 15.9 Å². The lowest BCUT2D eigenvalue weighted by Gasteiger charge is -2.24. The van der Waals surface area contributed by atoms with E-state index in [0.717, 1.165) is 9.87 Å². The van der Waals surface area contributed by atoms with Crippen LogP contribution in [-0.2, 0) is 16.6 Å². The molecule has 3 aromatic rings. The maximum atomic E-state index is 13.2. The molecule has 0 aliphatic heterocycles. The zero-order valence-corrected chi connectivity index (χ0v) is 19.3. The predicted octanol–water partition coefficient (Wildman–Crippen LogP) is 4.28. The van der Waals surface area contributed by atoms with Gasteiger partial charge in [0.05, 0.1) is 16.1 Å². The normalized spacial score (nSPS) is 11.1. The smallest absolute Gasteiger partial charge is 0.276 e. The van der Waals surface area contributed by atoms with E-state index in [-0.39, 0.29) is 16.1 Å². The molecule has 3 aromatic carbocycles. The fourth-order valence-electron chi connectivity index (χ4n) is 3.11. The van der Waals surface area contributed by atoms with Gasteiger partial charge in [0.2, 0.25) is 0 Å². The van der Waals surface area contributed by atoms with Crippen molar-refractivity contribution >= 4 is 37.5 Å². The molecule has 3 rings (SSSR count). The van der Waals surface area contributed by atoms with Gasteiger partial charge < -0.3 is 4.74 Å². The molecule has 9 heteroatoms. The molecule has 0 spiro atoms. The second kappa shape index (κ2) is 9.51. The van der Waals surface area contributed by atoms with Gasteiger partial charge in [0, 0.05) is 11.5 Å². The number of sulfonamides is 1. The first kappa shape index (κ1) is 22.8. The van der Waals surface area contributed by atoms with Crippen molar-refractivity contribution in [3.05, 3.63) is 87.9 Å². The number of nitrogens with one attached hydrogen (secondary N) is 1. The van der Waals surface area contributed by atoms with Crippen LogP contribution in [0.5, 0.6) is 5.75 Å². The number of aryl methyl sites for hydroxylation is 1. The van der Waals surface area contributed by atoms with Crippen LogP contribution >= 0.6 is 15.9 Å². The van der Waals surface area contributed by atoms with E-state index in [4.69, 9.17) is 9.94 Å². The molecule has 0 heterocycles. The van der Waals surface area contributed by atoms with E-state index in [1.165, 1.54) is 25.2 Å². The average Bonchev–Trinajstić information content (AvgIpc) is 2.77. The number of hydrogen-bond donors (Lipinski definition) is 2. The van der Waals surface area contributed by atoms with Crippen LogP contribution in [0.3, 0.4) is 0 Å². The number of carbonyl (C=O) groups is 1. The summed E-state index contributed by atoms with van der Waals surface area (Å²) in [5.41, 5.74) is 3.28. The third kappa shape index (κ3) is 5.07. The topological polar surface area (TPSA) is 95.9 Å². The molecule has 162 valence electrons. The summed E-state index contributed by atoms with van der Waals surface area (Å²) in [6.45, 7) is 2.05. The van der Waals surface area contributed by atoms with Crippen molar-refractivity contribution in [2.45, 2.75) is 18.4 Å². The predicted molar refractivity (Wildman–Crippen MR) is 121 cm³/mol. The van der Waals surface area contributed by atoms with Crippen molar-refractivity contribution in [2.75, 3.05) is 11.4 Å². The molecule has 0 radical (unpaired) electrons. The Bertz CT molecular complexity index is 1180. The second-order valence-electron chi connectivity index (χ2n) is 6.78. The van der Waals surface area contributed by atoms with Gasteiger partial charge in [0.15, 0.2) is 0 Å². The Kier molecular flexibility index (Phi) is 6.99. The SMILES string of the molecule is Cc1cc(Br)cc(C(=O)NO)c1N(C)S(=O)(=O)c1ccc(OCc2ccccc2)cc1. The molecule has 2 N–H and O–H groups in total. The third-order valence-corrected chi connectivity index (χ3v) is 6.89. The molecule has 0 saturated heterocycles. The Hall–Kier alpha value is -2.88. The van der Waals surface area contributed by atoms with E-state index in [0.29, 0.717) is 22.4 Å². The first-order valence-corrected chi connectivity index (χ1v) is 11.5. The average molecular weight is 505 g/mol. The number of hydroxylamine groups is 1. The molecule has 0 aromatic heterocycles. The van der Waals surface area contributed by atoms with Crippen molar-refractivity contribution in [3.8, 4) is 5.75 Å². The molecule has 1 amide bonds. The van der Waals surface area contributed by atoms with Gasteiger partial charge in [-0.1, -0.05) is 46.3 Å². The van der Waals surface area contributed by atoms with Crippen LogP contribution in [0.4, 0.5) is 5.69 Å². The van der Waals surface area contributed by atoms with Crippen LogP contribution in [0.25, 0.3) is 0 Å². The van der Waals surface area contributed by atoms with Crippen molar-refractivity contribution in [1.82, 2.24) is 5.48 Å². The van der Waals surface area contributed by atoms with E-state index in [1.807, 2.05) is 30.3 Å². The minimum absolute atomic E-state index is 0.0169. The summed E-state index contributed by atoms with van der Waals surface area (Å²) >= 11 is 3.29. The van der Waals surface area contributed by atoms with Gasteiger partial charge in [-0.2, -0.15) is 0 Å². The molecule has 7 nitrogen and oxygen atoms in total. The Morgan fingerprint density at radius 1 is 1.10 bits per heavy atom. The lowest BCUT2D eigenvalue weighted by atomic mass is 10.1. The van der Waals surface area contributed by atoms with Crippen LogP contribution in [0.1, 0.15) is 21.5 Å². The van der Waals surface area contributed by atoms with Gasteiger partial charge in [-0.05, 0) is 54.4 Å². The Balaban J connectivity index is 1.87. The summed E-state index contributed by atoms with van der Waals surface area (Å²) < 4.78 is 33.7. The lowest BCUT2D eigenvalue weighted by molar-refractivity contribution is 0.0707. The van der Waals surface area contributed by atoms with Crippen LogP contribution < -0.4 is 14.5 Å². The van der Waals surface area contributed by atoms with Gasteiger partial charge >= 0.3 is 0 Å². The molecule has 0 saturated carbocycles.